The van der Waals surface area contributed by atoms with Crippen LogP contribution in [0.1, 0.15) is 49.1 Å². The summed E-state index contributed by atoms with van der Waals surface area (Å²) in [6.07, 6.45) is 3.55. The van der Waals surface area contributed by atoms with E-state index in [1.165, 1.54) is 29.8 Å². The molecular formula is C18H25N3OS. The highest BCUT2D eigenvalue weighted by molar-refractivity contribution is 7.99. The number of rotatable bonds is 8. The fourth-order valence-corrected chi connectivity index (χ4v) is 3.54. The summed E-state index contributed by atoms with van der Waals surface area (Å²) in [5.41, 5.74) is 2.44. The molecule has 1 aromatic carbocycles. The molecular weight excluding hydrogens is 306 g/mol. The summed E-state index contributed by atoms with van der Waals surface area (Å²) in [6.45, 7) is 8.06. The molecule has 0 atom stereocenters. The van der Waals surface area contributed by atoms with Crippen LogP contribution in [0.15, 0.2) is 23.4 Å². The molecule has 1 aromatic heterocycles. The maximum absolute atomic E-state index is 5.91. The zero-order valence-electron chi connectivity index (χ0n) is 14.2. The zero-order chi connectivity index (χ0) is 16.2. The third-order valence-corrected chi connectivity index (χ3v) is 5.18. The van der Waals surface area contributed by atoms with Crippen LogP contribution in [0.25, 0.3) is 0 Å². The van der Waals surface area contributed by atoms with E-state index in [0.29, 0.717) is 5.92 Å². The van der Waals surface area contributed by atoms with Crippen molar-refractivity contribution in [3.05, 3.63) is 35.2 Å². The fourth-order valence-electron chi connectivity index (χ4n) is 2.61. The van der Waals surface area contributed by atoms with Gasteiger partial charge in [-0.25, -0.2) is 0 Å². The Morgan fingerprint density at radius 1 is 1.26 bits per heavy atom. The van der Waals surface area contributed by atoms with Crippen molar-refractivity contribution in [1.82, 2.24) is 14.8 Å². The molecule has 0 radical (unpaired) electrons. The van der Waals surface area contributed by atoms with Crippen LogP contribution in [0.3, 0.4) is 0 Å². The van der Waals surface area contributed by atoms with E-state index in [9.17, 15) is 0 Å². The summed E-state index contributed by atoms with van der Waals surface area (Å²) in [4.78, 5) is 0. The van der Waals surface area contributed by atoms with E-state index in [1.54, 1.807) is 11.8 Å². The van der Waals surface area contributed by atoms with Crippen molar-refractivity contribution in [2.24, 2.45) is 0 Å². The SMILES string of the molecule is CCn1c(SCCCOc2cc(C)ccc2C)nnc1C1CC1. The van der Waals surface area contributed by atoms with Gasteiger partial charge in [0.2, 0.25) is 0 Å². The Balaban J connectivity index is 1.46. The second kappa shape index (κ2) is 7.39. The van der Waals surface area contributed by atoms with Crippen molar-refractivity contribution >= 4 is 11.8 Å². The van der Waals surface area contributed by atoms with Gasteiger partial charge < -0.3 is 9.30 Å². The summed E-state index contributed by atoms with van der Waals surface area (Å²) >= 11 is 1.79. The van der Waals surface area contributed by atoms with Crippen molar-refractivity contribution in [2.45, 2.75) is 57.7 Å². The lowest BCUT2D eigenvalue weighted by Crippen LogP contribution is -2.03. The highest BCUT2D eigenvalue weighted by Crippen LogP contribution is 2.40. The van der Waals surface area contributed by atoms with Gasteiger partial charge in [0.25, 0.3) is 0 Å². The number of aryl methyl sites for hydroxylation is 2. The van der Waals surface area contributed by atoms with Gasteiger partial charge in [-0.1, -0.05) is 23.9 Å². The Morgan fingerprint density at radius 3 is 2.83 bits per heavy atom. The lowest BCUT2D eigenvalue weighted by atomic mass is 10.1. The van der Waals surface area contributed by atoms with Crippen molar-refractivity contribution < 1.29 is 4.74 Å². The molecule has 1 heterocycles. The maximum atomic E-state index is 5.91. The number of nitrogens with zero attached hydrogens (tertiary/aromatic N) is 3. The van der Waals surface area contributed by atoms with Crippen LogP contribution in [0, 0.1) is 13.8 Å². The van der Waals surface area contributed by atoms with Crippen LogP contribution >= 0.6 is 11.8 Å². The predicted octanol–water partition coefficient (Wildman–Crippen LogP) is 4.35. The first kappa shape index (κ1) is 16.4. The molecule has 0 amide bonds. The van der Waals surface area contributed by atoms with Gasteiger partial charge in [-0.15, -0.1) is 10.2 Å². The molecule has 1 aliphatic rings. The van der Waals surface area contributed by atoms with Gasteiger partial charge in [0.1, 0.15) is 11.6 Å². The van der Waals surface area contributed by atoms with Crippen molar-refractivity contribution in [1.29, 1.82) is 0 Å². The Hall–Kier alpha value is -1.49. The summed E-state index contributed by atoms with van der Waals surface area (Å²) in [7, 11) is 0. The van der Waals surface area contributed by atoms with Gasteiger partial charge in [0.15, 0.2) is 5.16 Å². The highest BCUT2D eigenvalue weighted by Gasteiger charge is 2.29. The average Bonchev–Trinajstić information content (AvgIpc) is 3.31. The monoisotopic (exact) mass is 331 g/mol. The van der Waals surface area contributed by atoms with E-state index in [-0.39, 0.29) is 0 Å². The molecule has 0 spiro atoms. The predicted molar refractivity (Wildman–Crippen MR) is 94.4 cm³/mol. The summed E-state index contributed by atoms with van der Waals surface area (Å²) in [5.74, 6) is 3.85. The molecule has 124 valence electrons. The van der Waals surface area contributed by atoms with Crippen LogP contribution in [-0.2, 0) is 6.54 Å². The smallest absolute Gasteiger partial charge is 0.191 e. The van der Waals surface area contributed by atoms with E-state index in [2.05, 4.69) is 53.7 Å². The van der Waals surface area contributed by atoms with E-state index < -0.39 is 0 Å². The van der Waals surface area contributed by atoms with Crippen LogP contribution in [0.2, 0.25) is 0 Å². The van der Waals surface area contributed by atoms with Crippen LogP contribution < -0.4 is 4.74 Å². The molecule has 0 N–H and O–H groups in total. The van der Waals surface area contributed by atoms with E-state index >= 15 is 0 Å². The number of hydrogen-bond acceptors (Lipinski definition) is 4. The molecule has 23 heavy (non-hydrogen) atoms. The van der Waals surface area contributed by atoms with Gasteiger partial charge in [-0.3, -0.25) is 0 Å². The third-order valence-electron chi connectivity index (χ3n) is 4.13. The molecule has 5 heteroatoms. The molecule has 4 nitrogen and oxygen atoms in total. The average molecular weight is 331 g/mol. The zero-order valence-corrected chi connectivity index (χ0v) is 15.0. The minimum absolute atomic E-state index is 0.657. The maximum Gasteiger partial charge on any atom is 0.191 e. The van der Waals surface area contributed by atoms with Gasteiger partial charge >= 0.3 is 0 Å². The number of ether oxygens (including phenoxy) is 1. The Morgan fingerprint density at radius 2 is 2.09 bits per heavy atom. The Labute approximate surface area is 142 Å². The minimum Gasteiger partial charge on any atom is -0.493 e. The summed E-state index contributed by atoms with van der Waals surface area (Å²) in [6, 6.07) is 6.34. The number of benzene rings is 1. The minimum atomic E-state index is 0.657. The number of hydrogen-bond donors (Lipinski definition) is 0. The van der Waals surface area contributed by atoms with Gasteiger partial charge in [-0.2, -0.15) is 0 Å². The quantitative estimate of drug-likeness (QED) is 0.532. The fraction of sp³-hybridized carbons (Fsp3) is 0.556. The van der Waals surface area contributed by atoms with Crippen molar-refractivity contribution in [3.63, 3.8) is 0 Å². The molecule has 0 aliphatic heterocycles. The molecule has 2 aromatic rings. The molecule has 1 aliphatic carbocycles. The molecule has 3 rings (SSSR count). The third kappa shape index (κ3) is 4.08. The second-order valence-electron chi connectivity index (χ2n) is 6.18. The van der Waals surface area contributed by atoms with Gasteiger partial charge in [-0.05, 0) is 57.2 Å². The van der Waals surface area contributed by atoms with Gasteiger partial charge in [0.05, 0.1) is 6.61 Å². The molecule has 1 saturated carbocycles. The standard InChI is InChI=1S/C18H25N3OS/c1-4-21-17(15-8-9-15)19-20-18(21)23-11-5-10-22-16-12-13(2)6-7-14(16)3/h6-7,12,15H,4-5,8-11H2,1-3H3. The lowest BCUT2D eigenvalue weighted by Gasteiger charge is -2.10. The summed E-state index contributed by atoms with van der Waals surface area (Å²) < 4.78 is 8.18. The molecule has 0 saturated heterocycles. The number of thioether (sulfide) groups is 1. The first-order chi connectivity index (χ1) is 11.2. The van der Waals surface area contributed by atoms with Crippen LogP contribution in [-0.4, -0.2) is 27.1 Å². The normalized spacial score (nSPS) is 14.2. The van der Waals surface area contributed by atoms with Gasteiger partial charge in [0, 0.05) is 18.2 Å². The van der Waals surface area contributed by atoms with Crippen molar-refractivity contribution in [2.75, 3.05) is 12.4 Å². The van der Waals surface area contributed by atoms with E-state index in [0.717, 1.165) is 36.2 Å². The summed E-state index contributed by atoms with van der Waals surface area (Å²) in [5, 5.41) is 9.80. The van der Waals surface area contributed by atoms with Crippen LogP contribution in [0.5, 0.6) is 5.75 Å². The van der Waals surface area contributed by atoms with E-state index in [4.69, 9.17) is 4.74 Å². The molecule has 0 bridgehead atoms. The first-order valence-corrected chi connectivity index (χ1v) is 9.43. The number of aromatic nitrogens is 3. The Bertz CT molecular complexity index is 664. The Kier molecular flexibility index (Phi) is 5.26. The lowest BCUT2D eigenvalue weighted by molar-refractivity contribution is 0.316. The first-order valence-electron chi connectivity index (χ1n) is 8.45. The second-order valence-corrected chi connectivity index (χ2v) is 7.24. The van der Waals surface area contributed by atoms with E-state index in [1.807, 2.05) is 0 Å². The topological polar surface area (TPSA) is 39.9 Å². The van der Waals surface area contributed by atoms with Crippen LogP contribution in [0.4, 0.5) is 0 Å². The van der Waals surface area contributed by atoms with Crippen molar-refractivity contribution in [3.8, 4) is 5.75 Å². The molecule has 1 fully saturated rings. The highest BCUT2D eigenvalue weighted by atomic mass is 32.2. The largest absolute Gasteiger partial charge is 0.493 e. The molecule has 0 unspecified atom stereocenters.